The summed E-state index contributed by atoms with van der Waals surface area (Å²) in [4.78, 5) is 0. The zero-order valence-electron chi connectivity index (χ0n) is 22.4. The number of aromatic nitrogens is 1. The molecule has 9 rings (SSSR count). The van der Waals surface area contributed by atoms with Crippen LogP contribution >= 0.6 is 0 Å². The molecule has 0 radical (unpaired) electrons. The largest absolute Gasteiger partial charge is 0.309 e. The van der Waals surface area contributed by atoms with Gasteiger partial charge in [-0.2, -0.15) is 0 Å². The number of hydrogen-bond acceptors (Lipinski definition) is 0. The van der Waals surface area contributed by atoms with Crippen LogP contribution in [0.2, 0.25) is 0 Å². The molecule has 41 heavy (non-hydrogen) atoms. The summed E-state index contributed by atoms with van der Waals surface area (Å²) in [6, 6.07) is 55.5. The van der Waals surface area contributed by atoms with Gasteiger partial charge in [-0.1, -0.05) is 121 Å². The summed E-state index contributed by atoms with van der Waals surface area (Å²) in [5.74, 6) is 0. The molecule has 1 aromatic heterocycles. The van der Waals surface area contributed by atoms with E-state index in [1.54, 1.807) is 0 Å². The SMILES string of the molecule is c1ccc(-n2c3ccccc3c3ccc(-c4ccc(-c5ccc6c(c5)-c5cccc7cccc-6c57)cc4)cc32)cc1. The molecule has 8 aromatic rings. The van der Waals surface area contributed by atoms with Crippen molar-refractivity contribution in [2.45, 2.75) is 0 Å². The van der Waals surface area contributed by atoms with Crippen LogP contribution in [0.4, 0.5) is 0 Å². The summed E-state index contributed by atoms with van der Waals surface area (Å²) in [5.41, 5.74) is 13.9. The van der Waals surface area contributed by atoms with Gasteiger partial charge in [-0.3, -0.25) is 0 Å². The monoisotopic (exact) mass is 519 g/mol. The maximum absolute atomic E-state index is 2.38. The molecule has 190 valence electrons. The molecular weight excluding hydrogens is 494 g/mol. The van der Waals surface area contributed by atoms with Gasteiger partial charge in [0.2, 0.25) is 0 Å². The third kappa shape index (κ3) is 3.30. The topological polar surface area (TPSA) is 4.93 Å². The van der Waals surface area contributed by atoms with E-state index in [1.165, 1.54) is 82.8 Å². The van der Waals surface area contributed by atoms with E-state index in [4.69, 9.17) is 0 Å². The standard InChI is InChI=1S/C40H25N/c1-2-10-31(11-3-1)41-38-15-5-4-12-33(38)34-23-21-30(25-39(34)41)27-18-16-26(17-19-27)29-20-22-32-35-13-6-8-28-9-7-14-36(40(28)35)37(32)24-29/h1-25H. The molecule has 0 saturated carbocycles. The molecule has 1 heteroatoms. The van der Waals surface area contributed by atoms with Gasteiger partial charge in [0.25, 0.3) is 0 Å². The Labute approximate surface area is 238 Å². The predicted molar refractivity (Wildman–Crippen MR) is 174 cm³/mol. The Morgan fingerprint density at radius 2 is 0.951 bits per heavy atom. The molecule has 1 aliphatic rings. The van der Waals surface area contributed by atoms with E-state index in [9.17, 15) is 0 Å². The maximum Gasteiger partial charge on any atom is 0.0547 e. The van der Waals surface area contributed by atoms with Crippen LogP contribution in [0.15, 0.2) is 152 Å². The Morgan fingerprint density at radius 1 is 0.341 bits per heavy atom. The van der Waals surface area contributed by atoms with Gasteiger partial charge in [-0.15, -0.1) is 0 Å². The van der Waals surface area contributed by atoms with E-state index in [0.29, 0.717) is 0 Å². The smallest absolute Gasteiger partial charge is 0.0547 e. The van der Waals surface area contributed by atoms with Crippen LogP contribution < -0.4 is 0 Å². The van der Waals surface area contributed by atoms with Crippen LogP contribution in [-0.4, -0.2) is 4.57 Å². The number of fused-ring (bicyclic) bond motifs is 6. The van der Waals surface area contributed by atoms with Crippen molar-refractivity contribution in [3.63, 3.8) is 0 Å². The summed E-state index contributed by atoms with van der Waals surface area (Å²) in [6.07, 6.45) is 0. The Morgan fingerprint density at radius 3 is 1.73 bits per heavy atom. The Kier molecular flexibility index (Phi) is 4.67. The van der Waals surface area contributed by atoms with E-state index in [2.05, 4.69) is 156 Å². The average molecular weight is 520 g/mol. The van der Waals surface area contributed by atoms with Crippen molar-refractivity contribution in [3.05, 3.63) is 152 Å². The molecule has 7 aromatic carbocycles. The minimum absolute atomic E-state index is 1.18. The molecule has 0 fully saturated rings. The van der Waals surface area contributed by atoms with Crippen LogP contribution in [0.5, 0.6) is 0 Å². The fraction of sp³-hybridized carbons (Fsp3) is 0. The van der Waals surface area contributed by atoms with E-state index in [0.717, 1.165) is 0 Å². The van der Waals surface area contributed by atoms with Crippen LogP contribution in [0.1, 0.15) is 0 Å². The normalized spacial score (nSPS) is 11.9. The third-order valence-electron chi connectivity index (χ3n) is 8.74. The highest BCUT2D eigenvalue weighted by Crippen LogP contribution is 2.48. The van der Waals surface area contributed by atoms with Gasteiger partial charge in [-0.25, -0.2) is 0 Å². The molecule has 0 unspecified atom stereocenters. The lowest BCUT2D eigenvalue weighted by Gasteiger charge is -2.10. The van der Waals surface area contributed by atoms with Crippen molar-refractivity contribution in [1.29, 1.82) is 0 Å². The lowest BCUT2D eigenvalue weighted by molar-refractivity contribution is 1.18. The summed E-state index contributed by atoms with van der Waals surface area (Å²) in [6.45, 7) is 0. The molecule has 0 aliphatic heterocycles. The molecule has 0 amide bonds. The van der Waals surface area contributed by atoms with Gasteiger partial charge in [-0.05, 0) is 85.6 Å². The van der Waals surface area contributed by atoms with Crippen LogP contribution in [0.3, 0.4) is 0 Å². The highest BCUT2D eigenvalue weighted by atomic mass is 15.0. The fourth-order valence-corrected chi connectivity index (χ4v) is 6.83. The lowest BCUT2D eigenvalue weighted by atomic mass is 9.96. The summed E-state index contributed by atoms with van der Waals surface area (Å²) < 4.78 is 2.38. The second kappa shape index (κ2) is 8.55. The predicted octanol–water partition coefficient (Wildman–Crippen LogP) is 10.9. The lowest BCUT2D eigenvalue weighted by Crippen LogP contribution is -1.93. The van der Waals surface area contributed by atoms with Gasteiger partial charge in [0.1, 0.15) is 0 Å². The van der Waals surface area contributed by atoms with Crippen LogP contribution in [-0.2, 0) is 0 Å². The van der Waals surface area contributed by atoms with E-state index in [1.807, 2.05) is 0 Å². The zero-order chi connectivity index (χ0) is 26.9. The summed E-state index contributed by atoms with van der Waals surface area (Å²) in [7, 11) is 0. The zero-order valence-corrected chi connectivity index (χ0v) is 22.4. The summed E-state index contributed by atoms with van der Waals surface area (Å²) in [5, 5.41) is 5.24. The molecule has 1 heterocycles. The van der Waals surface area contributed by atoms with E-state index in [-0.39, 0.29) is 0 Å². The first-order valence-corrected chi connectivity index (χ1v) is 14.2. The molecule has 0 bridgehead atoms. The van der Waals surface area contributed by atoms with Crippen LogP contribution in [0, 0.1) is 0 Å². The Hall–Kier alpha value is -5.40. The number of hydrogen-bond donors (Lipinski definition) is 0. The number of benzene rings is 7. The Balaban J connectivity index is 1.13. The molecular formula is C40H25N. The minimum Gasteiger partial charge on any atom is -0.309 e. The van der Waals surface area contributed by atoms with Crippen molar-refractivity contribution in [2.75, 3.05) is 0 Å². The van der Waals surface area contributed by atoms with Gasteiger partial charge >= 0.3 is 0 Å². The first-order valence-electron chi connectivity index (χ1n) is 14.2. The summed E-state index contributed by atoms with van der Waals surface area (Å²) >= 11 is 0. The van der Waals surface area contributed by atoms with Crippen molar-refractivity contribution >= 4 is 32.6 Å². The van der Waals surface area contributed by atoms with Crippen molar-refractivity contribution in [1.82, 2.24) is 4.57 Å². The molecule has 0 N–H and O–H groups in total. The van der Waals surface area contributed by atoms with Crippen molar-refractivity contribution in [2.24, 2.45) is 0 Å². The molecule has 1 aliphatic carbocycles. The van der Waals surface area contributed by atoms with Gasteiger partial charge in [0.05, 0.1) is 11.0 Å². The minimum atomic E-state index is 1.18. The second-order valence-electron chi connectivity index (χ2n) is 11.0. The number of para-hydroxylation sites is 2. The highest BCUT2D eigenvalue weighted by molar-refractivity contribution is 6.15. The first-order chi connectivity index (χ1) is 20.3. The van der Waals surface area contributed by atoms with Crippen molar-refractivity contribution in [3.8, 4) is 50.2 Å². The van der Waals surface area contributed by atoms with E-state index >= 15 is 0 Å². The number of nitrogens with zero attached hydrogens (tertiary/aromatic N) is 1. The van der Waals surface area contributed by atoms with Gasteiger partial charge < -0.3 is 4.57 Å². The molecule has 0 spiro atoms. The number of rotatable bonds is 3. The van der Waals surface area contributed by atoms with Crippen molar-refractivity contribution < 1.29 is 0 Å². The van der Waals surface area contributed by atoms with E-state index < -0.39 is 0 Å². The average Bonchev–Trinajstić information content (AvgIpc) is 3.55. The van der Waals surface area contributed by atoms with Gasteiger partial charge in [0.15, 0.2) is 0 Å². The molecule has 0 atom stereocenters. The molecule has 0 saturated heterocycles. The Bertz CT molecular complexity index is 2280. The quantitative estimate of drug-likeness (QED) is 0.219. The maximum atomic E-state index is 2.38. The molecule has 1 nitrogen and oxygen atoms in total. The second-order valence-corrected chi connectivity index (χ2v) is 11.0. The third-order valence-corrected chi connectivity index (χ3v) is 8.74. The van der Waals surface area contributed by atoms with Crippen LogP contribution in [0.25, 0.3) is 82.8 Å². The first kappa shape index (κ1) is 22.4. The van der Waals surface area contributed by atoms with Gasteiger partial charge in [0, 0.05) is 16.5 Å². The fourth-order valence-electron chi connectivity index (χ4n) is 6.83. The highest BCUT2D eigenvalue weighted by Gasteiger charge is 2.21.